The molecule has 3 aromatic heterocycles. The molecule has 388 valence electrons. The number of fused-ring (bicyclic) bond motifs is 12. The van der Waals surface area contributed by atoms with Gasteiger partial charge in [0.1, 0.15) is 0 Å². The largest absolute Gasteiger partial charge is 0.309 e. The topological polar surface area (TPSA) is 56.5 Å². The van der Waals surface area contributed by atoms with E-state index in [2.05, 4.69) is 285 Å². The summed E-state index contributed by atoms with van der Waals surface area (Å²) in [4.78, 5) is 20.6. The predicted octanol–water partition coefficient (Wildman–Crippen LogP) is 19.4. The van der Waals surface area contributed by atoms with Crippen molar-refractivity contribution in [1.82, 2.24) is 24.5 Å². The van der Waals surface area contributed by atoms with Gasteiger partial charge in [0.2, 0.25) is 0 Å². The Balaban J connectivity index is 0.000000123. The minimum Gasteiger partial charge on any atom is -0.309 e. The zero-order chi connectivity index (χ0) is 54.8. The summed E-state index contributed by atoms with van der Waals surface area (Å²) in [5, 5.41) is 2.52. The molecule has 0 unspecified atom stereocenters. The van der Waals surface area contributed by atoms with Gasteiger partial charge in [-0.3, -0.25) is 0 Å². The average Bonchev–Trinajstić information content (AvgIpc) is 4.19. The van der Waals surface area contributed by atoms with Crippen molar-refractivity contribution in [1.29, 1.82) is 0 Å². The van der Waals surface area contributed by atoms with Gasteiger partial charge >= 0.3 is 0 Å². The zero-order valence-corrected chi connectivity index (χ0v) is 47.2. The first-order valence-corrected chi connectivity index (χ1v) is 28.6. The molecule has 3 heterocycles. The number of nitrogens with zero attached hydrogens (tertiary/aromatic N) is 5. The van der Waals surface area contributed by atoms with Crippen LogP contribution >= 0.6 is 15.9 Å². The number of benzene rings is 10. The molecule has 0 aliphatic heterocycles. The van der Waals surface area contributed by atoms with Crippen molar-refractivity contribution in [3.05, 3.63) is 293 Å². The Morgan fingerprint density at radius 3 is 1.15 bits per heavy atom. The van der Waals surface area contributed by atoms with E-state index in [0.29, 0.717) is 0 Å². The molecule has 0 fully saturated rings. The third-order valence-electron chi connectivity index (χ3n) is 16.6. The Bertz CT molecular complexity index is 4440. The molecule has 0 amide bonds. The molecule has 0 N–H and O–H groups in total. The number of aromatic nitrogens is 5. The van der Waals surface area contributed by atoms with Crippen LogP contribution in [0.5, 0.6) is 0 Å². The molecular formula is C75H56BrN5. The SMILES string of the molecule is CC1(C)c2ccccc2-c2nc(-c3ccc(-n4c5ccccc5c5ccccc54)cc3)nc(-c3ccccc3)c21.CC1(C)c2ccccc2-c2nc(-c3ccc(Br)cc3)nc(-c3ccccc3)c21.c1ccc2c(c1)Cc1ccccc1-2. The van der Waals surface area contributed by atoms with E-state index in [-0.39, 0.29) is 10.8 Å². The van der Waals surface area contributed by atoms with Gasteiger partial charge in [-0.05, 0) is 88.3 Å². The standard InChI is InChI=1S/C37H27N3.C25H19BrN2.C13H10/c1-37(2)30-17-9-6-16-29(30)35-33(37)34(24-12-4-3-5-13-24)38-36(39-35)25-20-22-26(23-21-25)40-31-18-10-7-14-27(31)28-15-8-11-19-32(28)40;1-25(2)20-11-7-6-10-19(20)23-21(25)22(16-8-4-3-5-9-16)27-24(28-23)17-12-14-18(26)15-13-17;1-3-7-12-10(5-1)9-11-6-2-4-8-13(11)12/h3-23H,1-2H3;3-15H,1-2H3;1-8H,9H2. The summed E-state index contributed by atoms with van der Waals surface area (Å²) in [7, 11) is 0. The molecule has 0 saturated carbocycles. The minimum absolute atomic E-state index is 0.144. The van der Waals surface area contributed by atoms with E-state index in [1.54, 1.807) is 0 Å². The summed E-state index contributed by atoms with van der Waals surface area (Å²) >= 11 is 3.51. The first kappa shape index (κ1) is 49.9. The normalized spacial score (nSPS) is 13.4. The second-order valence-corrected chi connectivity index (χ2v) is 23.1. The Morgan fingerprint density at radius 1 is 0.333 bits per heavy atom. The van der Waals surface area contributed by atoms with Gasteiger partial charge < -0.3 is 4.57 Å². The summed E-state index contributed by atoms with van der Waals surface area (Å²) in [5.74, 6) is 1.51. The molecule has 6 heteroatoms. The molecule has 3 aliphatic carbocycles. The van der Waals surface area contributed by atoms with E-state index in [0.717, 1.165) is 73.3 Å². The fraction of sp³-hybridized carbons (Fsp3) is 0.0933. The fourth-order valence-corrected chi connectivity index (χ4v) is 13.0. The van der Waals surface area contributed by atoms with Crippen molar-refractivity contribution in [2.24, 2.45) is 0 Å². The molecule has 13 aromatic rings. The van der Waals surface area contributed by atoms with Gasteiger partial charge in [-0.2, -0.15) is 0 Å². The van der Waals surface area contributed by atoms with Gasteiger partial charge in [0.15, 0.2) is 11.6 Å². The lowest BCUT2D eigenvalue weighted by atomic mass is 9.81. The van der Waals surface area contributed by atoms with Crippen LogP contribution in [0.1, 0.15) is 61.1 Å². The second kappa shape index (κ2) is 20.1. The number of para-hydroxylation sites is 2. The van der Waals surface area contributed by atoms with Crippen molar-refractivity contribution in [2.45, 2.75) is 44.9 Å². The maximum absolute atomic E-state index is 5.24. The highest BCUT2D eigenvalue weighted by atomic mass is 79.9. The molecule has 0 atom stereocenters. The van der Waals surface area contributed by atoms with Crippen LogP contribution in [0, 0.1) is 0 Å². The summed E-state index contributed by atoms with van der Waals surface area (Å²) in [6.45, 7) is 9.11. The Kier molecular flexibility index (Phi) is 12.4. The molecular weight excluding hydrogens is 1050 g/mol. The first-order valence-electron chi connectivity index (χ1n) is 27.8. The minimum atomic E-state index is -0.184. The summed E-state index contributed by atoms with van der Waals surface area (Å²) in [6.07, 6.45) is 1.10. The van der Waals surface area contributed by atoms with Crippen molar-refractivity contribution in [3.8, 4) is 84.6 Å². The quantitative estimate of drug-likeness (QED) is 0.172. The lowest BCUT2D eigenvalue weighted by molar-refractivity contribution is 0.657. The second-order valence-electron chi connectivity index (χ2n) is 22.2. The van der Waals surface area contributed by atoms with Gasteiger partial charge in [-0.25, -0.2) is 19.9 Å². The molecule has 16 rings (SSSR count). The zero-order valence-electron chi connectivity index (χ0n) is 45.6. The van der Waals surface area contributed by atoms with E-state index in [4.69, 9.17) is 19.9 Å². The van der Waals surface area contributed by atoms with Crippen molar-refractivity contribution in [2.75, 3.05) is 0 Å². The lowest BCUT2D eigenvalue weighted by Crippen LogP contribution is -2.17. The predicted molar refractivity (Wildman–Crippen MR) is 338 cm³/mol. The van der Waals surface area contributed by atoms with E-state index in [1.807, 2.05) is 18.2 Å². The Labute approximate surface area is 481 Å². The van der Waals surface area contributed by atoms with Crippen molar-refractivity contribution >= 4 is 37.7 Å². The molecule has 0 bridgehead atoms. The van der Waals surface area contributed by atoms with Crippen molar-refractivity contribution < 1.29 is 0 Å². The van der Waals surface area contributed by atoms with Gasteiger partial charge in [0.25, 0.3) is 0 Å². The van der Waals surface area contributed by atoms with Crippen LogP contribution in [-0.2, 0) is 17.3 Å². The van der Waals surface area contributed by atoms with Gasteiger partial charge in [-0.1, -0.05) is 250 Å². The van der Waals surface area contributed by atoms with E-state index >= 15 is 0 Å². The number of halogens is 1. The highest BCUT2D eigenvalue weighted by Crippen LogP contribution is 2.53. The van der Waals surface area contributed by atoms with Crippen LogP contribution in [0.25, 0.3) is 106 Å². The first-order chi connectivity index (χ1) is 39.6. The lowest BCUT2D eigenvalue weighted by Gasteiger charge is -2.23. The van der Waals surface area contributed by atoms with E-state index in [1.165, 1.54) is 77.4 Å². The highest BCUT2D eigenvalue weighted by Gasteiger charge is 2.41. The third-order valence-corrected chi connectivity index (χ3v) is 17.2. The number of hydrogen-bond acceptors (Lipinski definition) is 4. The van der Waals surface area contributed by atoms with Gasteiger partial charge in [-0.15, -0.1) is 0 Å². The molecule has 0 radical (unpaired) electrons. The summed E-state index contributed by atoms with van der Waals surface area (Å²) in [6, 6.07) is 89.6. The molecule has 81 heavy (non-hydrogen) atoms. The number of rotatable bonds is 5. The van der Waals surface area contributed by atoms with Gasteiger partial charge in [0, 0.05) is 76.3 Å². The van der Waals surface area contributed by atoms with E-state index in [9.17, 15) is 0 Å². The summed E-state index contributed by atoms with van der Waals surface area (Å²) < 4.78 is 3.39. The highest BCUT2D eigenvalue weighted by molar-refractivity contribution is 9.10. The smallest absolute Gasteiger partial charge is 0.160 e. The van der Waals surface area contributed by atoms with E-state index < -0.39 is 0 Å². The fourth-order valence-electron chi connectivity index (χ4n) is 12.7. The van der Waals surface area contributed by atoms with Crippen molar-refractivity contribution in [3.63, 3.8) is 0 Å². The Morgan fingerprint density at radius 2 is 0.691 bits per heavy atom. The molecule has 10 aromatic carbocycles. The van der Waals surface area contributed by atoms with Crippen LogP contribution in [0.3, 0.4) is 0 Å². The number of hydrogen-bond donors (Lipinski definition) is 0. The molecule has 0 saturated heterocycles. The molecule has 0 spiro atoms. The van der Waals surface area contributed by atoms with Crippen LogP contribution in [0.2, 0.25) is 0 Å². The summed E-state index contributed by atoms with van der Waals surface area (Å²) in [5.41, 5.74) is 24.8. The average molecular weight is 1110 g/mol. The van der Waals surface area contributed by atoms with Crippen LogP contribution in [0.15, 0.2) is 259 Å². The maximum atomic E-state index is 5.24. The third kappa shape index (κ3) is 8.61. The Hall–Kier alpha value is -9.36. The monoisotopic (exact) mass is 1110 g/mol. The van der Waals surface area contributed by atoms with Crippen LogP contribution < -0.4 is 0 Å². The van der Waals surface area contributed by atoms with Crippen LogP contribution in [0.4, 0.5) is 0 Å². The van der Waals surface area contributed by atoms with Crippen LogP contribution in [-0.4, -0.2) is 24.5 Å². The molecule has 3 aliphatic rings. The van der Waals surface area contributed by atoms with Gasteiger partial charge in [0.05, 0.1) is 33.8 Å². The maximum Gasteiger partial charge on any atom is 0.160 e. The molecule has 5 nitrogen and oxygen atoms in total.